The monoisotopic (exact) mass is 333 g/mol. The van der Waals surface area contributed by atoms with Crippen LogP contribution in [0.5, 0.6) is 0 Å². The molecule has 0 spiro atoms. The zero-order chi connectivity index (χ0) is 14.8. The maximum atomic E-state index is 13.6. The lowest BCUT2D eigenvalue weighted by Gasteiger charge is -2.09. The van der Waals surface area contributed by atoms with E-state index in [9.17, 15) is 12.8 Å². The minimum atomic E-state index is -3.96. The van der Waals surface area contributed by atoms with Gasteiger partial charge >= 0.3 is 0 Å². The third kappa shape index (κ3) is 3.49. The van der Waals surface area contributed by atoms with Crippen LogP contribution < -0.4 is 4.72 Å². The molecule has 106 valence electrons. The molecule has 3 nitrogen and oxygen atoms in total. The molecule has 0 unspecified atom stereocenters. The second kappa shape index (κ2) is 6.10. The molecule has 2 aromatic rings. The summed E-state index contributed by atoms with van der Waals surface area (Å²) >= 11 is 11.5. The zero-order valence-electron chi connectivity index (χ0n) is 10.1. The van der Waals surface area contributed by atoms with Crippen molar-refractivity contribution in [3.63, 3.8) is 0 Å². The summed E-state index contributed by atoms with van der Waals surface area (Å²) in [6.07, 6.45) is 0. The molecule has 0 saturated heterocycles. The van der Waals surface area contributed by atoms with E-state index in [1.165, 1.54) is 6.07 Å². The molecular formula is C13H10Cl2FNO2S. The van der Waals surface area contributed by atoms with Crippen molar-refractivity contribution in [3.8, 4) is 0 Å². The molecule has 0 fully saturated rings. The van der Waals surface area contributed by atoms with Crippen molar-refractivity contribution in [2.45, 2.75) is 11.4 Å². The maximum absolute atomic E-state index is 13.6. The number of hydrogen-bond acceptors (Lipinski definition) is 2. The van der Waals surface area contributed by atoms with Gasteiger partial charge in [-0.2, -0.15) is 0 Å². The second-order valence-electron chi connectivity index (χ2n) is 3.99. The maximum Gasteiger partial charge on any atom is 0.243 e. The molecule has 7 heteroatoms. The Morgan fingerprint density at radius 2 is 1.80 bits per heavy atom. The van der Waals surface area contributed by atoms with Gasteiger partial charge in [0.1, 0.15) is 10.7 Å². The van der Waals surface area contributed by atoms with Gasteiger partial charge in [-0.25, -0.2) is 17.5 Å². The standard InChI is InChI=1S/C13H10Cl2FNO2S/c14-10-5-6-13(12(16)7-10)20(18,19)17-8-9-3-1-2-4-11(9)15/h1-7,17H,8H2. The molecule has 20 heavy (non-hydrogen) atoms. The Hall–Kier alpha value is -1.14. The van der Waals surface area contributed by atoms with Crippen molar-refractivity contribution >= 4 is 33.2 Å². The third-order valence-electron chi connectivity index (χ3n) is 2.59. The Labute approximate surface area is 126 Å². The normalized spacial score (nSPS) is 11.6. The summed E-state index contributed by atoms with van der Waals surface area (Å²) in [5.41, 5.74) is 0.604. The third-order valence-corrected chi connectivity index (χ3v) is 4.63. The highest BCUT2D eigenvalue weighted by Gasteiger charge is 2.19. The molecule has 2 aromatic carbocycles. The van der Waals surface area contributed by atoms with Gasteiger partial charge in [-0.3, -0.25) is 0 Å². The van der Waals surface area contributed by atoms with Crippen molar-refractivity contribution in [2.75, 3.05) is 0 Å². The first-order valence-electron chi connectivity index (χ1n) is 5.58. The molecule has 0 aliphatic rings. The van der Waals surface area contributed by atoms with Gasteiger partial charge < -0.3 is 0 Å². The predicted octanol–water partition coefficient (Wildman–Crippen LogP) is 3.61. The van der Waals surface area contributed by atoms with E-state index in [1.807, 2.05) is 0 Å². The quantitative estimate of drug-likeness (QED) is 0.928. The summed E-state index contributed by atoms with van der Waals surface area (Å²) in [5, 5.41) is 0.569. The Balaban J connectivity index is 2.22. The van der Waals surface area contributed by atoms with E-state index in [2.05, 4.69) is 4.72 Å². The molecule has 0 bridgehead atoms. The van der Waals surface area contributed by atoms with Crippen LogP contribution in [0, 0.1) is 5.82 Å². The largest absolute Gasteiger partial charge is 0.243 e. The first-order chi connectivity index (χ1) is 9.40. The van der Waals surface area contributed by atoms with E-state index >= 15 is 0 Å². The van der Waals surface area contributed by atoms with Crippen molar-refractivity contribution in [2.24, 2.45) is 0 Å². The van der Waals surface area contributed by atoms with Crippen molar-refractivity contribution in [1.82, 2.24) is 4.72 Å². The summed E-state index contributed by atoms with van der Waals surface area (Å²) < 4.78 is 39.9. The molecule has 0 aliphatic carbocycles. The van der Waals surface area contributed by atoms with Crippen LogP contribution in [0.15, 0.2) is 47.4 Å². The number of sulfonamides is 1. The highest BCUT2D eigenvalue weighted by Crippen LogP contribution is 2.20. The van der Waals surface area contributed by atoms with Gasteiger partial charge in [0.05, 0.1) is 0 Å². The van der Waals surface area contributed by atoms with Gasteiger partial charge in [-0.15, -0.1) is 0 Å². The fraction of sp³-hybridized carbons (Fsp3) is 0.0769. The molecule has 1 N–H and O–H groups in total. The predicted molar refractivity (Wildman–Crippen MR) is 76.9 cm³/mol. The van der Waals surface area contributed by atoms with Crippen LogP contribution in [0.4, 0.5) is 4.39 Å². The molecule has 0 amide bonds. The summed E-state index contributed by atoms with van der Waals surface area (Å²) in [7, 11) is -3.96. The van der Waals surface area contributed by atoms with E-state index in [0.717, 1.165) is 12.1 Å². The summed E-state index contributed by atoms with van der Waals surface area (Å²) in [4.78, 5) is -0.450. The smallest absolute Gasteiger partial charge is 0.207 e. The molecule has 0 saturated carbocycles. The van der Waals surface area contributed by atoms with Crippen molar-refractivity contribution in [3.05, 3.63) is 63.9 Å². The highest BCUT2D eigenvalue weighted by atomic mass is 35.5. The Bertz CT molecular complexity index is 735. The number of nitrogens with one attached hydrogen (secondary N) is 1. The van der Waals surface area contributed by atoms with E-state index in [-0.39, 0.29) is 11.6 Å². The van der Waals surface area contributed by atoms with Gasteiger partial charge in [-0.1, -0.05) is 41.4 Å². The molecule has 0 radical (unpaired) electrons. The lowest BCUT2D eigenvalue weighted by molar-refractivity contribution is 0.557. The van der Waals surface area contributed by atoms with Gasteiger partial charge in [0.2, 0.25) is 10.0 Å². The van der Waals surface area contributed by atoms with Gasteiger partial charge in [0, 0.05) is 16.6 Å². The molecule has 0 atom stereocenters. The van der Waals surface area contributed by atoms with E-state index < -0.39 is 20.7 Å². The van der Waals surface area contributed by atoms with E-state index in [1.54, 1.807) is 24.3 Å². The number of rotatable bonds is 4. The molecule has 0 aromatic heterocycles. The lowest BCUT2D eigenvalue weighted by Crippen LogP contribution is -2.24. The fourth-order valence-electron chi connectivity index (χ4n) is 1.59. The average Bonchev–Trinajstić information content (AvgIpc) is 2.37. The number of benzene rings is 2. The lowest BCUT2D eigenvalue weighted by atomic mass is 10.2. The average molecular weight is 334 g/mol. The Morgan fingerprint density at radius 3 is 2.45 bits per heavy atom. The zero-order valence-corrected chi connectivity index (χ0v) is 12.4. The van der Waals surface area contributed by atoms with Crippen molar-refractivity contribution in [1.29, 1.82) is 0 Å². The molecule has 2 rings (SSSR count). The van der Waals surface area contributed by atoms with Crippen LogP contribution in [0.3, 0.4) is 0 Å². The van der Waals surface area contributed by atoms with Crippen LogP contribution in [-0.4, -0.2) is 8.42 Å². The second-order valence-corrected chi connectivity index (χ2v) is 6.57. The SMILES string of the molecule is O=S(=O)(NCc1ccccc1Cl)c1ccc(Cl)cc1F. The Morgan fingerprint density at radius 1 is 1.10 bits per heavy atom. The minimum Gasteiger partial charge on any atom is -0.207 e. The van der Waals surface area contributed by atoms with Crippen molar-refractivity contribution < 1.29 is 12.8 Å². The van der Waals surface area contributed by atoms with Crippen LogP contribution in [0.2, 0.25) is 10.0 Å². The highest BCUT2D eigenvalue weighted by molar-refractivity contribution is 7.89. The minimum absolute atomic E-state index is 0.0237. The van der Waals surface area contributed by atoms with Crippen LogP contribution in [0.25, 0.3) is 0 Å². The first-order valence-corrected chi connectivity index (χ1v) is 7.82. The van der Waals surface area contributed by atoms with Gasteiger partial charge in [0.15, 0.2) is 0 Å². The van der Waals surface area contributed by atoms with Crippen LogP contribution in [0.1, 0.15) is 5.56 Å². The topological polar surface area (TPSA) is 46.2 Å². The van der Waals surface area contributed by atoms with Crippen LogP contribution in [-0.2, 0) is 16.6 Å². The first kappa shape index (κ1) is 15.3. The molecular weight excluding hydrogens is 324 g/mol. The summed E-state index contributed by atoms with van der Waals surface area (Å²) in [6, 6.07) is 10.2. The van der Waals surface area contributed by atoms with Gasteiger partial charge in [0.25, 0.3) is 0 Å². The molecule has 0 aliphatic heterocycles. The summed E-state index contributed by atoms with van der Waals surface area (Å²) in [5.74, 6) is -0.899. The van der Waals surface area contributed by atoms with E-state index in [4.69, 9.17) is 23.2 Å². The number of hydrogen-bond donors (Lipinski definition) is 1. The fourth-order valence-corrected chi connectivity index (χ4v) is 3.01. The van der Waals surface area contributed by atoms with E-state index in [0.29, 0.717) is 10.6 Å². The van der Waals surface area contributed by atoms with Gasteiger partial charge in [-0.05, 0) is 29.8 Å². The number of halogens is 3. The summed E-state index contributed by atoms with van der Waals surface area (Å²) in [6.45, 7) is -0.0237. The molecule has 0 heterocycles. The van der Waals surface area contributed by atoms with Crippen LogP contribution >= 0.6 is 23.2 Å². The Kier molecular flexibility index (Phi) is 4.65.